The Hall–Kier alpha value is -2.09. The van der Waals surface area contributed by atoms with Crippen molar-refractivity contribution in [3.8, 4) is 11.4 Å². The number of methoxy groups -OCH3 is 1. The Bertz CT molecular complexity index is 600. The van der Waals surface area contributed by atoms with Crippen molar-refractivity contribution in [2.45, 2.75) is 24.9 Å². The van der Waals surface area contributed by atoms with E-state index in [1.807, 2.05) is 24.3 Å². The van der Waals surface area contributed by atoms with Crippen molar-refractivity contribution >= 4 is 17.7 Å². The lowest BCUT2D eigenvalue weighted by Crippen LogP contribution is -2.26. The number of carbonyl (C=O) groups excluding carboxylic acids is 1. The SMILES string of the molecule is CCCCNC(=O)CSc1nnnn1-c1ccc(OC)cc1. The number of nitrogens with zero attached hydrogens (tertiary/aromatic N) is 4. The van der Waals surface area contributed by atoms with E-state index in [2.05, 4.69) is 27.8 Å². The molecule has 118 valence electrons. The third kappa shape index (κ3) is 4.45. The van der Waals surface area contributed by atoms with Crippen LogP contribution in [-0.4, -0.2) is 45.5 Å². The van der Waals surface area contributed by atoms with E-state index in [0.29, 0.717) is 17.5 Å². The van der Waals surface area contributed by atoms with Gasteiger partial charge in [-0.15, -0.1) is 5.10 Å². The number of benzene rings is 1. The van der Waals surface area contributed by atoms with Crippen molar-refractivity contribution in [3.05, 3.63) is 24.3 Å². The van der Waals surface area contributed by atoms with Crippen LogP contribution in [0.4, 0.5) is 0 Å². The number of nitrogens with one attached hydrogen (secondary N) is 1. The van der Waals surface area contributed by atoms with Gasteiger partial charge in [0.25, 0.3) is 0 Å². The quantitative estimate of drug-likeness (QED) is 0.588. The van der Waals surface area contributed by atoms with Crippen LogP contribution < -0.4 is 10.1 Å². The van der Waals surface area contributed by atoms with Crippen LogP contribution in [0.25, 0.3) is 5.69 Å². The number of aromatic nitrogens is 4. The normalized spacial score (nSPS) is 10.5. The first-order valence-electron chi connectivity index (χ1n) is 7.07. The standard InChI is InChI=1S/C14H19N5O2S/c1-3-4-9-15-13(20)10-22-14-16-17-18-19(14)11-5-7-12(21-2)8-6-11/h5-8H,3-4,9-10H2,1-2H3,(H,15,20). The molecule has 1 heterocycles. The topological polar surface area (TPSA) is 81.9 Å². The maximum absolute atomic E-state index is 11.7. The molecule has 2 rings (SSSR count). The van der Waals surface area contributed by atoms with Crippen LogP contribution in [0.15, 0.2) is 29.4 Å². The van der Waals surface area contributed by atoms with E-state index >= 15 is 0 Å². The Morgan fingerprint density at radius 3 is 2.82 bits per heavy atom. The summed E-state index contributed by atoms with van der Waals surface area (Å²) in [5.41, 5.74) is 0.819. The summed E-state index contributed by atoms with van der Waals surface area (Å²) < 4.78 is 6.72. The van der Waals surface area contributed by atoms with Gasteiger partial charge in [-0.1, -0.05) is 25.1 Å². The number of tetrazole rings is 1. The second-order valence-electron chi connectivity index (χ2n) is 4.56. The molecule has 0 spiro atoms. The zero-order chi connectivity index (χ0) is 15.8. The zero-order valence-electron chi connectivity index (χ0n) is 12.7. The molecule has 0 aliphatic rings. The zero-order valence-corrected chi connectivity index (χ0v) is 13.5. The molecule has 0 bridgehead atoms. The largest absolute Gasteiger partial charge is 0.497 e. The lowest BCUT2D eigenvalue weighted by molar-refractivity contribution is -0.118. The van der Waals surface area contributed by atoms with E-state index in [1.54, 1.807) is 11.8 Å². The number of ether oxygens (including phenoxy) is 1. The summed E-state index contributed by atoms with van der Waals surface area (Å²) in [6, 6.07) is 7.40. The first-order chi connectivity index (χ1) is 10.7. The molecule has 0 aliphatic heterocycles. The number of carbonyl (C=O) groups is 1. The molecule has 8 heteroatoms. The third-order valence-corrected chi connectivity index (χ3v) is 3.86. The van der Waals surface area contributed by atoms with E-state index in [1.165, 1.54) is 11.8 Å². The molecule has 1 aromatic heterocycles. The Kier molecular flexibility index (Phi) is 6.20. The second-order valence-corrected chi connectivity index (χ2v) is 5.51. The van der Waals surface area contributed by atoms with Crippen molar-refractivity contribution in [2.75, 3.05) is 19.4 Å². The fraction of sp³-hybridized carbons (Fsp3) is 0.429. The van der Waals surface area contributed by atoms with Gasteiger partial charge < -0.3 is 10.1 Å². The highest BCUT2D eigenvalue weighted by Crippen LogP contribution is 2.20. The molecule has 0 aliphatic carbocycles. The maximum Gasteiger partial charge on any atom is 0.230 e. The molecule has 7 nitrogen and oxygen atoms in total. The van der Waals surface area contributed by atoms with Crippen LogP contribution in [0, 0.1) is 0 Å². The summed E-state index contributed by atoms with van der Waals surface area (Å²) >= 11 is 1.31. The lowest BCUT2D eigenvalue weighted by atomic mass is 10.3. The third-order valence-electron chi connectivity index (χ3n) is 2.94. The van der Waals surface area contributed by atoms with Gasteiger partial charge in [-0.05, 0) is 41.1 Å². The fourth-order valence-corrected chi connectivity index (χ4v) is 2.46. The summed E-state index contributed by atoms with van der Waals surface area (Å²) in [6.45, 7) is 2.79. The van der Waals surface area contributed by atoms with Crippen LogP contribution in [0.1, 0.15) is 19.8 Å². The van der Waals surface area contributed by atoms with Crippen molar-refractivity contribution in [1.82, 2.24) is 25.5 Å². The monoisotopic (exact) mass is 321 g/mol. The van der Waals surface area contributed by atoms with Gasteiger partial charge in [0.2, 0.25) is 11.1 Å². The van der Waals surface area contributed by atoms with Gasteiger partial charge in [-0.2, -0.15) is 4.68 Å². The molecule has 0 unspecified atom stereocenters. The van der Waals surface area contributed by atoms with Crippen LogP contribution in [0.5, 0.6) is 5.75 Å². The number of hydrogen-bond donors (Lipinski definition) is 1. The highest BCUT2D eigenvalue weighted by atomic mass is 32.2. The first kappa shape index (κ1) is 16.3. The molecule has 22 heavy (non-hydrogen) atoms. The number of hydrogen-bond acceptors (Lipinski definition) is 6. The molecule has 1 amide bonds. The van der Waals surface area contributed by atoms with E-state index < -0.39 is 0 Å². The average molecular weight is 321 g/mol. The molecule has 0 radical (unpaired) electrons. The molecular weight excluding hydrogens is 302 g/mol. The molecular formula is C14H19N5O2S. The minimum absolute atomic E-state index is 0.0114. The van der Waals surface area contributed by atoms with Gasteiger partial charge in [0, 0.05) is 6.54 Å². The van der Waals surface area contributed by atoms with E-state index in [0.717, 1.165) is 24.3 Å². The first-order valence-corrected chi connectivity index (χ1v) is 8.05. The average Bonchev–Trinajstić information content (AvgIpc) is 3.02. The smallest absolute Gasteiger partial charge is 0.230 e. The number of amides is 1. The molecule has 1 aromatic carbocycles. The van der Waals surface area contributed by atoms with Crippen molar-refractivity contribution < 1.29 is 9.53 Å². The van der Waals surface area contributed by atoms with E-state index in [9.17, 15) is 4.79 Å². The van der Waals surface area contributed by atoms with Crippen LogP contribution >= 0.6 is 11.8 Å². The predicted octanol–water partition coefficient (Wildman–Crippen LogP) is 1.68. The Labute approximate surface area is 133 Å². The lowest BCUT2D eigenvalue weighted by Gasteiger charge is -2.06. The predicted molar refractivity (Wildman–Crippen MR) is 84.3 cm³/mol. The van der Waals surface area contributed by atoms with Crippen LogP contribution in [0.2, 0.25) is 0 Å². The van der Waals surface area contributed by atoms with Gasteiger partial charge >= 0.3 is 0 Å². The minimum atomic E-state index is -0.0114. The van der Waals surface area contributed by atoms with Gasteiger partial charge in [-0.25, -0.2) is 0 Å². The fourth-order valence-electron chi connectivity index (χ4n) is 1.74. The summed E-state index contributed by atoms with van der Waals surface area (Å²) in [4.78, 5) is 11.7. The van der Waals surface area contributed by atoms with E-state index in [-0.39, 0.29) is 5.91 Å². The van der Waals surface area contributed by atoms with Gasteiger partial charge in [0.15, 0.2) is 0 Å². The van der Waals surface area contributed by atoms with E-state index in [4.69, 9.17) is 4.74 Å². The van der Waals surface area contributed by atoms with Crippen molar-refractivity contribution in [2.24, 2.45) is 0 Å². The Morgan fingerprint density at radius 1 is 1.36 bits per heavy atom. The second kappa shape index (κ2) is 8.38. The van der Waals surface area contributed by atoms with Crippen LogP contribution in [-0.2, 0) is 4.79 Å². The number of thioether (sulfide) groups is 1. The summed E-state index contributed by atoms with van der Waals surface area (Å²) in [5.74, 6) is 1.05. The molecule has 0 atom stereocenters. The number of rotatable bonds is 8. The maximum atomic E-state index is 11.7. The Morgan fingerprint density at radius 2 is 2.14 bits per heavy atom. The summed E-state index contributed by atoms with van der Waals surface area (Å²) in [7, 11) is 1.62. The molecule has 0 fully saturated rings. The number of unbranched alkanes of at least 4 members (excludes halogenated alkanes) is 1. The summed E-state index contributed by atoms with van der Waals surface area (Å²) in [5, 5.41) is 15.0. The minimum Gasteiger partial charge on any atom is -0.497 e. The molecule has 1 N–H and O–H groups in total. The molecule has 0 saturated carbocycles. The van der Waals surface area contributed by atoms with Gasteiger partial charge in [0.05, 0.1) is 18.6 Å². The van der Waals surface area contributed by atoms with Gasteiger partial charge in [-0.3, -0.25) is 4.79 Å². The van der Waals surface area contributed by atoms with Crippen molar-refractivity contribution in [3.63, 3.8) is 0 Å². The van der Waals surface area contributed by atoms with Gasteiger partial charge in [0.1, 0.15) is 5.75 Å². The molecule has 2 aromatic rings. The Balaban J connectivity index is 1.95. The van der Waals surface area contributed by atoms with Crippen molar-refractivity contribution in [1.29, 1.82) is 0 Å². The molecule has 0 saturated heterocycles. The van der Waals surface area contributed by atoms with Crippen LogP contribution in [0.3, 0.4) is 0 Å². The summed E-state index contributed by atoms with van der Waals surface area (Å²) in [6.07, 6.45) is 2.04. The highest BCUT2D eigenvalue weighted by Gasteiger charge is 2.11. The highest BCUT2D eigenvalue weighted by molar-refractivity contribution is 7.99.